The topological polar surface area (TPSA) is 26.0 Å². The quantitative estimate of drug-likeness (QED) is 0.740. The lowest BCUT2D eigenvalue weighted by Gasteiger charge is -2.09. The van der Waals surface area contributed by atoms with Crippen LogP contribution < -0.4 is 5.73 Å². The van der Waals surface area contributed by atoms with Crippen LogP contribution in [0.5, 0.6) is 0 Å². The minimum absolute atomic E-state index is 0.00988. The van der Waals surface area contributed by atoms with E-state index in [0.29, 0.717) is 0 Å². The molecule has 0 saturated heterocycles. The molecule has 0 aliphatic carbocycles. The molecule has 0 amide bonds. The standard InChI is InChI=1S/C17H16FNS/c18-14-7-9-16-13(10-14)11-17(20-16)15(19)8-6-12-4-2-1-3-5-12/h1-5,7,9-11,15H,6,8,19H2. The van der Waals surface area contributed by atoms with Gasteiger partial charge in [-0.25, -0.2) is 4.39 Å². The molecule has 1 atom stereocenters. The van der Waals surface area contributed by atoms with Crippen molar-refractivity contribution >= 4 is 21.4 Å². The minimum Gasteiger partial charge on any atom is -0.323 e. The van der Waals surface area contributed by atoms with Crippen LogP contribution >= 0.6 is 11.3 Å². The molecule has 1 aromatic heterocycles. The van der Waals surface area contributed by atoms with Crippen LogP contribution in [0.2, 0.25) is 0 Å². The molecule has 3 heteroatoms. The third-order valence-corrected chi connectivity index (χ3v) is 4.70. The predicted octanol–water partition coefficient (Wildman–Crippen LogP) is 4.67. The Labute approximate surface area is 121 Å². The summed E-state index contributed by atoms with van der Waals surface area (Å²) in [6.07, 6.45) is 1.87. The van der Waals surface area contributed by atoms with E-state index in [1.54, 1.807) is 17.4 Å². The lowest BCUT2D eigenvalue weighted by atomic mass is 10.0. The second-order valence-electron chi connectivity index (χ2n) is 4.96. The summed E-state index contributed by atoms with van der Waals surface area (Å²) in [4.78, 5) is 1.13. The van der Waals surface area contributed by atoms with Gasteiger partial charge in [-0.1, -0.05) is 30.3 Å². The molecular formula is C17H16FNS. The summed E-state index contributed by atoms with van der Waals surface area (Å²) in [5.41, 5.74) is 7.56. The number of thiophene rings is 1. The number of fused-ring (bicyclic) bond motifs is 1. The monoisotopic (exact) mass is 285 g/mol. The average Bonchev–Trinajstić information content (AvgIpc) is 2.89. The first-order valence-corrected chi connectivity index (χ1v) is 7.52. The van der Waals surface area contributed by atoms with E-state index in [0.717, 1.165) is 27.8 Å². The van der Waals surface area contributed by atoms with E-state index in [2.05, 4.69) is 12.1 Å². The van der Waals surface area contributed by atoms with Crippen molar-refractivity contribution in [2.45, 2.75) is 18.9 Å². The molecule has 0 bridgehead atoms. The molecule has 0 aliphatic heterocycles. The van der Waals surface area contributed by atoms with Crippen LogP contribution in [0.3, 0.4) is 0 Å². The van der Waals surface area contributed by atoms with Crippen molar-refractivity contribution in [3.8, 4) is 0 Å². The Balaban J connectivity index is 1.73. The Hall–Kier alpha value is -1.71. The highest BCUT2D eigenvalue weighted by atomic mass is 32.1. The molecule has 2 N–H and O–H groups in total. The van der Waals surface area contributed by atoms with Crippen LogP contribution in [-0.2, 0) is 6.42 Å². The molecule has 0 saturated carbocycles. The second-order valence-corrected chi connectivity index (χ2v) is 6.08. The largest absolute Gasteiger partial charge is 0.323 e. The van der Waals surface area contributed by atoms with E-state index >= 15 is 0 Å². The molecule has 1 heterocycles. The fraction of sp³-hybridized carbons (Fsp3) is 0.176. The van der Waals surface area contributed by atoms with Gasteiger partial charge >= 0.3 is 0 Å². The molecule has 0 fully saturated rings. The summed E-state index contributed by atoms with van der Waals surface area (Å²) < 4.78 is 14.3. The Morgan fingerprint density at radius 2 is 1.85 bits per heavy atom. The highest BCUT2D eigenvalue weighted by Gasteiger charge is 2.10. The van der Waals surface area contributed by atoms with Gasteiger partial charge in [0.05, 0.1) is 0 Å². The number of nitrogens with two attached hydrogens (primary N) is 1. The van der Waals surface area contributed by atoms with Crippen molar-refractivity contribution in [1.82, 2.24) is 0 Å². The van der Waals surface area contributed by atoms with Gasteiger partial charge in [0.25, 0.3) is 0 Å². The van der Waals surface area contributed by atoms with Gasteiger partial charge in [-0.15, -0.1) is 11.3 Å². The van der Waals surface area contributed by atoms with E-state index < -0.39 is 0 Å². The number of halogens is 1. The maximum absolute atomic E-state index is 13.2. The first-order valence-electron chi connectivity index (χ1n) is 6.71. The van der Waals surface area contributed by atoms with Crippen LogP contribution in [0.1, 0.15) is 22.9 Å². The molecule has 3 aromatic rings. The van der Waals surface area contributed by atoms with Gasteiger partial charge in [-0.05, 0) is 48.1 Å². The van der Waals surface area contributed by atoms with Crippen molar-refractivity contribution in [3.05, 3.63) is 70.9 Å². The average molecular weight is 285 g/mol. The summed E-state index contributed by atoms with van der Waals surface area (Å²) in [6, 6.07) is 17.3. The third-order valence-electron chi connectivity index (χ3n) is 3.45. The molecular weight excluding hydrogens is 269 g/mol. The molecule has 1 unspecified atom stereocenters. The highest BCUT2D eigenvalue weighted by molar-refractivity contribution is 7.19. The maximum atomic E-state index is 13.2. The van der Waals surface area contributed by atoms with Gasteiger partial charge in [0, 0.05) is 15.6 Å². The summed E-state index contributed by atoms with van der Waals surface area (Å²) >= 11 is 1.66. The van der Waals surface area contributed by atoms with Gasteiger partial charge < -0.3 is 5.73 Å². The Bertz CT molecular complexity index is 705. The van der Waals surface area contributed by atoms with Crippen LogP contribution in [0.4, 0.5) is 4.39 Å². The summed E-state index contributed by atoms with van der Waals surface area (Å²) in [5.74, 6) is -0.195. The summed E-state index contributed by atoms with van der Waals surface area (Å²) in [6.45, 7) is 0. The van der Waals surface area contributed by atoms with Gasteiger partial charge in [-0.3, -0.25) is 0 Å². The van der Waals surface area contributed by atoms with E-state index in [4.69, 9.17) is 5.73 Å². The van der Waals surface area contributed by atoms with Crippen LogP contribution in [0.25, 0.3) is 10.1 Å². The Kier molecular flexibility index (Phi) is 3.81. The molecule has 20 heavy (non-hydrogen) atoms. The SMILES string of the molecule is NC(CCc1ccccc1)c1cc2cc(F)ccc2s1. The zero-order valence-corrected chi connectivity index (χ0v) is 11.9. The van der Waals surface area contributed by atoms with Gasteiger partial charge in [0.15, 0.2) is 0 Å². The zero-order chi connectivity index (χ0) is 13.9. The van der Waals surface area contributed by atoms with Gasteiger partial charge in [0.1, 0.15) is 5.82 Å². The predicted molar refractivity (Wildman–Crippen MR) is 83.5 cm³/mol. The number of rotatable bonds is 4. The second kappa shape index (κ2) is 5.73. The first kappa shape index (κ1) is 13.3. The molecule has 0 aliphatic rings. The fourth-order valence-electron chi connectivity index (χ4n) is 2.33. The van der Waals surface area contributed by atoms with Crippen molar-refractivity contribution in [2.24, 2.45) is 5.73 Å². The molecule has 2 aromatic carbocycles. The van der Waals surface area contributed by atoms with Crippen molar-refractivity contribution in [3.63, 3.8) is 0 Å². The number of benzene rings is 2. The van der Waals surface area contributed by atoms with E-state index in [9.17, 15) is 4.39 Å². The van der Waals surface area contributed by atoms with Crippen LogP contribution in [0, 0.1) is 5.82 Å². The van der Waals surface area contributed by atoms with Gasteiger partial charge in [0.2, 0.25) is 0 Å². The molecule has 0 spiro atoms. The molecule has 0 radical (unpaired) electrons. The lowest BCUT2D eigenvalue weighted by Crippen LogP contribution is -2.09. The maximum Gasteiger partial charge on any atom is 0.123 e. The van der Waals surface area contributed by atoms with Gasteiger partial charge in [-0.2, -0.15) is 0 Å². The number of hydrogen-bond donors (Lipinski definition) is 1. The fourth-order valence-corrected chi connectivity index (χ4v) is 3.41. The Morgan fingerprint density at radius 3 is 2.65 bits per heavy atom. The third kappa shape index (κ3) is 2.89. The minimum atomic E-state index is -0.195. The van der Waals surface area contributed by atoms with Crippen LogP contribution in [-0.4, -0.2) is 0 Å². The smallest absolute Gasteiger partial charge is 0.123 e. The van der Waals surface area contributed by atoms with E-state index in [1.165, 1.54) is 11.6 Å². The van der Waals surface area contributed by atoms with Crippen molar-refractivity contribution < 1.29 is 4.39 Å². The lowest BCUT2D eigenvalue weighted by molar-refractivity contribution is 0.630. The summed E-state index contributed by atoms with van der Waals surface area (Å²) in [7, 11) is 0. The molecule has 102 valence electrons. The molecule has 3 rings (SSSR count). The first-order chi connectivity index (χ1) is 9.72. The van der Waals surface area contributed by atoms with Crippen molar-refractivity contribution in [1.29, 1.82) is 0 Å². The number of aryl methyl sites for hydroxylation is 1. The van der Waals surface area contributed by atoms with E-state index in [1.807, 2.05) is 30.3 Å². The molecule has 1 nitrogen and oxygen atoms in total. The van der Waals surface area contributed by atoms with Crippen molar-refractivity contribution in [2.75, 3.05) is 0 Å². The van der Waals surface area contributed by atoms with Crippen LogP contribution in [0.15, 0.2) is 54.6 Å². The van der Waals surface area contributed by atoms with E-state index in [-0.39, 0.29) is 11.9 Å². The normalized spacial score (nSPS) is 12.7. The zero-order valence-electron chi connectivity index (χ0n) is 11.1. The Morgan fingerprint density at radius 1 is 1.05 bits per heavy atom. The number of hydrogen-bond acceptors (Lipinski definition) is 2. The highest BCUT2D eigenvalue weighted by Crippen LogP contribution is 2.31. The summed E-state index contributed by atoms with van der Waals surface area (Å²) in [5, 5.41) is 0.945.